The third-order valence-corrected chi connectivity index (χ3v) is 3.12. The van der Waals surface area contributed by atoms with E-state index in [0.29, 0.717) is 11.4 Å². The molecule has 0 spiro atoms. The molecule has 0 radical (unpaired) electrons. The zero-order chi connectivity index (χ0) is 12.3. The third-order valence-electron chi connectivity index (χ3n) is 1.97. The summed E-state index contributed by atoms with van der Waals surface area (Å²) in [6, 6.07) is 5.33. The number of hydrogen-bond donors (Lipinski definition) is 2. The molecule has 17 heavy (non-hydrogen) atoms. The van der Waals surface area contributed by atoms with Crippen LogP contribution in [-0.4, -0.2) is 26.5 Å². The molecule has 1 aromatic heterocycles. The van der Waals surface area contributed by atoms with Gasteiger partial charge in [-0.1, -0.05) is 21.1 Å². The lowest BCUT2D eigenvalue weighted by atomic mass is 10.2. The lowest BCUT2D eigenvalue weighted by Gasteiger charge is -2.05. The van der Waals surface area contributed by atoms with Crippen molar-refractivity contribution in [3.63, 3.8) is 0 Å². The number of nitrogens with one attached hydrogen (secondary N) is 2. The number of nitrogens with zero attached hydrogens (tertiary/aromatic N) is 3. The minimum atomic E-state index is -0.200. The average molecular weight is 361 g/mol. The number of hydrogen-bond acceptors (Lipinski definition) is 4. The highest BCUT2D eigenvalue weighted by Gasteiger charge is 2.10. The molecule has 8 heteroatoms. The van der Waals surface area contributed by atoms with Crippen LogP contribution in [0.4, 0.5) is 0 Å². The smallest absolute Gasteiger partial charge is 0.252 e. The molecule has 0 aliphatic carbocycles. The van der Waals surface area contributed by atoms with Crippen molar-refractivity contribution in [1.82, 2.24) is 25.9 Å². The maximum absolute atomic E-state index is 11.8. The molecule has 88 valence electrons. The summed E-state index contributed by atoms with van der Waals surface area (Å²) in [7, 11) is 0. The quantitative estimate of drug-likeness (QED) is 0.871. The minimum Gasteiger partial charge on any atom is -0.345 e. The first-order chi connectivity index (χ1) is 8.16. The van der Waals surface area contributed by atoms with Crippen LogP contribution in [0.5, 0.6) is 0 Å². The first kappa shape index (κ1) is 12.2. The summed E-state index contributed by atoms with van der Waals surface area (Å²) in [6.07, 6.45) is 0. The number of aromatic amines is 1. The van der Waals surface area contributed by atoms with E-state index >= 15 is 0 Å². The Morgan fingerprint density at radius 2 is 2.24 bits per heavy atom. The van der Waals surface area contributed by atoms with Gasteiger partial charge in [-0.25, -0.2) is 0 Å². The number of carbonyl (C=O) groups excluding carboxylic acids is 1. The summed E-state index contributed by atoms with van der Waals surface area (Å²) >= 11 is 6.65. The molecule has 0 bridgehead atoms. The summed E-state index contributed by atoms with van der Waals surface area (Å²) < 4.78 is 1.62. The van der Waals surface area contributed by atoms with Crippen LogP contribution in [0.25, 0.3) is 0 Å². The molecule has 0 saturated heterocycles. The van der Waals surface area contributed by atoms with Gasteiger partial charge in [0.05, 0.1) is 12.1 Å². The van der Waals surface area contributed by atoms with Crippen LogP contribution in [0.1, 0.15) is 16.2 Å². The normalized spacial score (nSPS) is 10.2. The van der Waals surface area contributed by atoms with Gasteiger partial charge in [-0.2, -0.15) is 5.21 Å². The number of tetrazole rings is 1. The van der Waals surface area contributed by atoms with Crippen molar-refractivity contribution in [3.05, 3.63) is 38.5 Å². The average Bonchev–Trinajstić information content (AvgIpc) is 2.78. The van der Waals surface area contributed by atoms with Crippen molar-refractivity contribution in [1.29, 1.82) is 0 Å². The number of aromatic nitrogens is 4. The fourth-order valence-electron chi connectivity index (χ4n) is 1.19. The molecule has 0 saturated carbocycles. The Hall–Kier alpha value is -1.28. The minimum absolute atomic E-state index is 0.200. The number of rotatable bonds is 3. The number of carbonyl (C=O) groups is 1. The van der Waals surface area contributed by atoms with Gasteiger partial charge >= 0.3 is 0 Å². The molecule has 6 nitrogen and oxygen atoms in total. The van der Waals surface area contributed by atoms with Crippen molar-refractivity contribution in [2.24, 2.45) is 0 Å². The fourth-order valence-corrected chi connectivity index (χ4v) is 2.41. The molecule has 0 aliphatic rings. The number of amides is 1. The molecule has 0 atom stereocenters. The number of halogens is 2. The van der Waals surface area contributed by atoms with Crippen LogP contribution < -0.4 is 5.32 Å². The highest BCUT2D eigenvalue weighted by molar-refractivity contribution is 9.11. The molecular weight excluding hydrogens is 354 g/mol. The predicted octanol–water partition coefficient (Wildman–Crippen LogP) is 1.65. The van der Waals surface area contributed by atoms with Crippen molar-refractivity contribution >= 4 is 37.8 Å². The second kappa shape index (κ2) is 5.37. The molecule has 2 N–H and O–H groups in total. The Kier molecular flexibility index (Phi) is 3.85. The number of benzene rings is 1. The second-order valence-corrected chi connectivity index (χ2v) is 4.90. The van der Waals surface area contributed by atoms with E-state index in [2.05, 4.69) is 57.8 Å². The first-order valence-electron chi connectivity index (χ1n) is 4.62. The van der Waals surface area contributed by atoms with Crippen LogP contribution in [0.15, 0.2) is 27.1 Å². The fraction of sp³-hybridized carbons (Fsp3) is 0.111. The Morgan fingerprint density at radius 1 is 1.41 bits per heavy atom. The topological polar surface area (TPSA) is 83.6 Å². The van der Waals surface area contributed by atoms with Crippen LogP contribution in [-0.2, 0) is 6.54 Å². The largest absolute Gasteiger partial charge is 0.345 e. The van der Waals surface area contributed by atoms with E-state index in [-0.39, 0.29) is 12.5 Å². The molecule has 0 aliphatic heterocycles. The van der Waals surface area contributed by atoms with Gasteiger partial charge in [0.25, 0.3) is 5.91 Å². The van der Waals surface area contributed by atoms with Crippen molar-refractivity contribution in [2.75, 3.05) is 0 Å². The van der Waals surface area contributed by atoms with Gasteiger partial charge in [0, 0.05) is 8.95 Å². The standard InChI is InChI=1S/C9H7Br2N5O/c10-5-1-2-6(7(11)3-5)9(17)12-4-8-13-15-16-14-8/h1-3H,4H2,(H,12,17)(H,13,14,15,16). The van der Waals surface area contributed by atoms with E-state index in [1.165, 1.54) is 0 Å². The Bertz CT molecular complexity index is 528. The van der Waals surface area contributed by atoms with Crippen LogP contribution in [0.3, 0.4) is 0 Å². The van der Waals surface area contributed by atoms with Crippen LogP contribution >= 0.6 is 31.9 Å². The van der Waals surface area contributed by atoms with E-state index in [0.717, 1.165) is 8.95 Å². The Labute approximate surface area is 113 Å². The summed E-state index contributed by atoms with van der Waals surface area (Å²) in [6.45, 7) is 0.234. The van der Waals surface area contributed by atoms with Crippen molar-refractivity contribution in [2.45, 2.75) is 6.54 Å². The molecule has 1 amide bonds. The lowest BCUT2D eigenvalue weighted by Crippen LogP contribution is -2.23. The molecule has 0 unspecified atom stereocenters. The lowest BCUT2D eigenvalue weighted by molar-refractivity contribution is 0.0949. The van der Waals surface area contributed by atoms with E-state index in [1.807, 2.05) is 6.07 Å². The van der Waals surface area contributed by atoms with Crippen molar-refractivity contribution in [3.8, 4) is 0 Å². The molecular formula is C9H7Br2N5O. The second-order valence-electron chi connectivity index (χ2n) is 3.13. The zero-order valence-corrected chi connectivity index (χ0v) is 11.6. The van der Waals surface area contributed by atoms with Gasteiger partial charge < -0.3 is 5.32 Å². The SMILES string of the molecule is O=C(NCc1nn[nH]n1)c1ccc(Br)cc1Br. The molecule has 2 aromatic rings. The third kappa shape index (κ3) is 3.10. The molecule has 0 fully saturated rings. The van der Waals surface area contributed by atoms with Gasteiger partial charge in [0.15, 0.2) is 5.82 Å². The van der Waals surface area contributed by atoms with Crippen LogP contribution in [0.2, 0.25) is 0 Å². The predicted molar refractivity (Wildman–Crippen MR) is 67.2 cm³/mol. The van der Waals surface area contributed by atoms with E-state index in [4.69, 9.17) is 0 Å². The summed E-state index contributed by atoms with van der Waals surface area (Å²) in [5, 5.41) is 15.9. The maximum atomic E-state index is 11.8. The van der Waals surface area contributed by atoms with Gasteiger partial charge in [0.2, 0.25) is 0 Å². The summed E-state index contributed by atoms with van der Waals surface area (Å²) in [5.41, 5.74) is 0.552. The van der Waals surface area contributed by atoms with E-state index < -0.39 is 0 Å². The van der Waals surface area contributed by atoms with Gasteiger partial charge in [-0.05, 0) is 34.1 Å². The highest BCUT2D eigenvalue weighted by atomic mass is 79.9. The van der Waals surface area contributed by atoms with E-state index in [9.17, 15) is 4.79 Å². The highest BCUT2D eigenvalue weighted by Crippen LogP contribution is 2.21. The van der Waals surface area contributed by atoms with Gasteiger partial charge in [-0.3, -0.25) is 4.79 Å². The molecule has 2 rings (SSSR count). The molecule has 1 heterocycles. The summed E-state index contributed by atoms with van der Waals surface area (Å²) in [4.78, 5) is 11.8. The monoisotopic (exact) mass is 359 g/mol. The van der Waals surface area contributed by atoms with Gasteiger partial charge in [0.1, 0.15) is 0 Å². The Morgan fingerprint density at radius 3 is 2.88 bits per heavy atom. The first-order valence-corrected chi connectivity index (χ1v) is 6.21. The Balaban J connectivity index is 2.04. The van der Waals surface area contributed by atoms with Gasteiger partial charge in [-0.15, -0.1) is 10.2 Å². The molecule has 1 aromatic carbocycles. The number of H-pyrrole nitrogens is 1. The maximum Gasteiger partial charge on any atom is 0.252 e. The zero-order valence-electron chi connectivity index (χ0n) is 8.44. The van der Waals surface area contributed by atoms with Crippen molar-refractivity contribution < 1.29 is 4.79 Å². The van der Waals surface area contributed by atoms with E-state index in [1.54, 1.807) is 12.1 Å². The summed E-state index contributed by atoms with van der Waals surface area (Å²) in [5.74, 6) is 0.237. The van der Waals surface area contributed by atoms with Crippen LogP contribution in [0, 0.1) is 0 Å².